The topological polar surface area (TPSA) is 52.7 Å². The number of pyridine rings is 1. The quantitative estimate of drug-likeness (QED) is 0.177. The molecule has 242 valence electrons. The van der Waals surface area contributed by atoms with E-state index in [-0.39, 0.29) is 5.56 Å². The van der Waals surface area contributed by atoms with Crippen molar-refractivity contribution in [3.05, 3.63) is 180 Å². The van der Waals surface area contributed by atoms with Crippen molar-refractivity contribution in [3.63, 3.8) is 0 Å². The first-order chi connectivity index (χ1) is 25.7. The molecule has 11 rings (SSSR count). The fourth-order valence-electron chi connectivity index (χ4n) is 8.19. The van der Waals surface area contributed by atoms with Gasteiger partial charge in [-0.3, -0.25) is 13.9 Å². The highest BCUT2D eigenvalue weighted by Crippen LogP contribution is 2.40. The first-order valence-corrected chi connectivity index (χ1v) is 17.5. The van der Waals surface area contributed by atoms with Crippen LogP contribution in [0.5, 0.6) is 0 Å². The molecule has 0 aliphatic rings. The minimum Gasteiger partial charge on any atom is -0.277 e. The maximum Gasteiger partial charge on any atom is 0.265 e. The average molecular weight is 665 g/mol. The maximum absolute atomic E-state index is 15.2. The van der Waals surface area contributed by atoms with Gasteiger partial charge in [0.2, 0.25) is 5.95 Å². The molecule has 5 nitrogen and oxygen atoms in total. The molecule has 0 fully saturated rings. The van der Waals surface area contributed by atoms with Gasteiger partial charge in [-0.25, -0.2) is 9.97 Å². The lowest BCUT2D eigenvalue weighted by atomic mass is 10.0. The van der Waals surface area contributed by atoms with Crippen LogP contribution in [-0.4, -0.2) is 19.1 Å². The second-order valence-electron chi connectivity index (χ2n) is 13.3. The Kier molecular flexibility index (Phi) is 6.04. The van der Waals surface area contributed by atoms with E-state index in [4.69, 9.17) is 9.97 Å². The van der Waals surface area contributed by atoms with Crippen LogP contribution in [-0.2, 0) is 0 Å². The Balaban J connectivity index is 1.38. The van der Waals surface area contributed by atoms with Gasteiger partial charge in [-0.2, -0.15) is 0 Å². The summed E-state index contributed by atoms with van der Waals surface area (Å²) in [6, 6.07) is 58.1. The Bertz CT molecular complexity index is 3310. The predicted molar refractivity (Wildman–Crippen MR) is 215 cm³/mol. The summed E-state index contributed by atoms with van der Waals surface area (Å²) in [6.07, 6.45) is 0. The molecular weight excluding hydrogens is 637 g/mol. The summed E-state index contributed by atoms with van der Waals surface area (Å²) in [5.74, 6) is 0.517. The van der Waals surface area contributed by atoms with E-state index < -0.39 is 0 Å². The lowest BCUT2D eigenvalue weighted by Crippen LogP contribution is -2.20. The third-order valence-corrected chi connectivity index (χ3v) is 10.5. The van der Waals surface area contributed by atoms with E-state index in [1.165, 1.54) is 0 Å². The van der Waals surface area contributed by atoms with Crippen LogP contribution in [0.1, 0.15) is 0 Å². The predicted octanol–water partition coefficient (Wildman–Crippen LogP) is 11.2. The standard InChI is InChI=1S/C47H28N4O/c52-46-43-36(35-21-11-12-22-40(35)50(46)33-18-5-2-6-19-33)24-25-37-38-27-31-16-7-8-17-32(31)28-41(38)51(45(37)43)47-48-39-26-23-29-13-9-10-20-34(29)42(39)44(49-47)30-14-3-1-4-15-30/h1-28H. The van der Waals surface area contributed by atoms with Crippen LogP contribution in [0, 0.1) is 0 Å². The molecule has 0 saturated carbocycles. The van der Waals surface area contributed by atoms with Crippen LogP contribution in [0.2, 0.25) is 0 Å². The van der Waals surface area contributed by atoms with Crippen LogP contribution in [0.3, 0.4) is 0 Å². The Morgan fingerprint density at radius 1 is 0.423 bits per heavy atom. The van der Waals surface area contributed by atoms with Gasteiger partial charge in [0.1, 0.15) is 0 Å². The van der Waals surface area contributed by atoms with Gasteiger partial charge < -0.3 is 0 Å². The highest BCUT2D eigenvalue weighted by molar-refractivity contribution is 6.24. The summed E-state index contributed by atoms with van der Waals surface area (Å²) in [4.78, 5) is 26.0. The molecule has 5 heteroatoms. The Morgan fingerprint density at radius 3 is 1.88 bits per heavy atom. The highest BCUT2D eigenvalue weighted by atomic mass is 16.1. The minimum absolute atomic E-state index is 0.0887. The zero-order chi connectivity index (χ0) is 34.3. The van der Waals surface area contributed by atoms with Crippen LogP contribution in [0.15, 0.2) is 175 Å². The molecule has 0 N–H and O–H groups in total. The van der Waals surface area contributed by atoms with Gasteiger partial charge in [0.15, 0.2) is 0 Å². The van der Waals surface area contributed by atoms with Crippen molar-refractivity contribution in [2.45, 2.75) is 0 Å². The summed E-state index contributed by atoms with van der Waals surface area (Å²) in [6.45, 7) is 0. The minimum atomic E-state index is -0.0887. The van der Waals surface area contributed by atoms with Gasteiger partial charge in [-0.1, -0.05) is 133 Å². The van der Waals surface area contributed by atoms with Gasteiger partial charge in [0, 0.05) is 32.8 Å². The van der Waals surface area contributed by atoms with E-state index in [0.29, 0.717) is 11.3 Å². The fourth-order valence-corrected chi connectivity index (χ4v) is 8.19. The van der Waals surface area contributed by atoms with E-state index in [2.05, 4.69) is 108 Å². The third-order valence-electron chi connectivity index (χ3n) is 10.5. The molecule has 8 aromatic carbocycles. The molecule has 3 heterocycles. The number of benzene rings is 8. The number of hydrogen-bond donors (Lipinski definition) is 0. The number of fused-ring (bicyclic) bond motifs is 11. The van der Waals surface area contributed by atoms with E-state index in [1.807, 2.05) is 71.3 Å². The molecule has 11 aromatic rings. The normalized spacial score (nSPS) is 11.9. The number of hydrogen-bond acceptors (Lipinski definition) is 3. The lowest BCUT2D eigenvalue weighted by Gasteiger charge is -2.16. The molecular formula is C47H28N4O. The van der Waals surface area contributed by atoms with Crippen molar-refractivity contribution in [1.82, 2.24) is 19.1 Å². The third kappa shape index (κ3) is 4.08. The zero-order valence-electron chi connectivity index (χ0n) is 27.9. The number of para-hydroxylation sites is 2. The van der Waals surface area contributed by atoms with Crippen molar-refractivity contribution < 1.29 is 0 Å². The molecule has 0 aliphatic heterocycles. The largest absolute Gasteiger partial charge is 0.277 e. The first kappa shape index (κ1) is 28.7. The van der Waals surface area contributed by atoms with Crippen molar-refractivity contribution in [2.24, 2.45) is 0 Å². The van der Waals surface area contributed by atoms with Gasteiger partial charge in [-0.05, 0) is 63.3 Å². The summed E-state index contributed by atoms with van der Waals surface area (Å²) in [5.41, 5.74) is 6.01. The highest BCUT2D eigenvalue weighted by Gasteiger charge is 2.23. The van der Waals surface area contributed by atoms with Crippen LogP contribution in [0.4, 0.5) is 0 Å². The Morgan fingerprint density at radius 2 is 1.08 bits per heavy atom. The molecule has 0 saturated heterocycles. The van der Waals surface area contributed by atoms with Crippen LogP contribution < -0.4 is 5.56 Å². The molecule has 3 aromatic heterocycles. The molecule has 0 amide bonds. The summed E-state index contributed by atoms with van der Waals surface area (Å²) in [7, 11) is 0. The molecule has 0 atom stereocenters. The molecule has 0 aliphatic carbocycles. The molecule has 0 radical (unpaired) electrons. The van der Waals surface area contributed by atoms with Crippen LogP contribution in [0.25, 0.3) is 98.8 Å². The van der Waals surface area contributed by atoms with Crippen molar-refractivity contribution in [3.8, 4) is 22.9 Å². The van der Waals surface area contributed by atoms with E-state index in [1.54, 1.807) is 0 Å². The van der Waals surface area contributed by atoms with Crippen LogP contribution >= 0.6 is 0 Å². The number of nitrogens with zero attached hydrogens (tertiary/aromatic N) is 4. The van der Waals surface area contributed by atoms with E-state index in [0.717, 1.165) is 87.5 Å². The fraction of sp³-hybridized carbons (Fsp3) is 0. The summed E-state index contributed by atoms with van der Waals surface area (Å²) < 4.78 is 3.98. The Labute approximate surface area is 297 Å². The molecule has 0 spiro atoms. The second kappa shape index (κ2) is 10.9. The van der Waals surface area contributed by atoms with Gasteiger partial charge in [0.25, 0.3) is 5.56 Å². The van der Waals surface area contributed by atoms with Crippen molar-refractivity contribution in [2.75, 3.05) is 0 Å². The zero-order valence-corrected chi connectivity index (χ0v) is 27.9. The number of rotatable bonds is 3. The smallest absolute Gasteiger partial charge is 0.265 e. The van der Waals surface area contributed by atoms with Gasteiger partial charge in [0.05, 0.1) is 33.1 Å². The first-order valence-electron chi connectivity index (χ1n) is 17.5. The average Bonchev–Trinajstić information content (AvgIpc) is 3.53. The van der Waals surface area contributed by atoms with Gasteiger partial charge in [-0.15, -0.1) is 0 Å². The second-order valence-corrected chi connectivity index (χ2v) is 13.3. The molecule has 0 unspecified atom stereocenters. The number of aromatic nitrogens is 4. The van der Waals surface area contributed by atoms with Crippen molar-refractivity contribution >= 4 is 75.9 Å². The monoisotopic (exact) mass is 664 g/mol. The summed E-state index contributed by atoms with van der Waals surface area (Å²) >= 11 is 0. The Hall–Kier alpha value is -7.11. The SMILES string of the molecule is O=c1c2c(ccc3c4cc5ccccc5cc4n(-c4nc(-c5ccccc5)c5c(ccc6ccccc65)n4)c32)c2ccccc2n1-c1ccccc1. The summed E-state index contributed by atoms with van der Waals surface area (Å²) in [5, 5.41) is 10.00. The van der Waals surface area contributed by atoms with E-state index in [9.17, 15) is 0 Å². The lowest BCUT2D eigenvalue weighted by molar-refractivity contribution is 1.01. The molecule has 0 bridgehead atoms. The van der Waals surface area contributed by atoms with Crippen molar-refractivity contribution in [1.29, 1.82) is 0 Å². The van der Waals surface area contributed by atoms with E-state index >= 15 is 4.79 Å². The maximum atomic E-state index is 15.2. The molecule has 52 heavy (non-hydrogen) atoms. The van der Waals surface area contributed by atoms with Gasteiger partial charge >= 0.3 is 0 Å².